The first kappa shape index (κ1) is 17.5. The number of H-pyrrole nitrogens is 1. The topological polar surface area (TPSA) is 150 Å². The Hall–Kier alpha value is -3.31. The van der Waals surface area contributed by atoms with Crippen LogP contribution in [0.2, 0.25) is 0 Å². The number of pyridine rings is 1. The lowest BCUT2D eigenvalue weighted by Crippen LogP contribution is -2.30. The van der Waals surface area contributed by atoms with E-state index in [-0.39, 0.29) is 23.7 Å². The van der Waals surface area contributed by atoms with Gasteiger partial charge >= 0.3 is 5.69 Å². The highest BCUT2D eigenvalue weighted by Crippen LogP contribution is 2.16. The molecule has 1 unspecified atom stereocenters. The molecule has 0 saturated heterocycles. The molecule has 0 aromatic carbocycles. The van der Waals surface area contributed by atoms with Crippen LogP contribution in [-0.4, -0.2) is 53.2 Å². The summed E-state index contributed by atoms with van der Waals surface area (Å²) in [5.74, 6) is 0.138. The van der Waals surface area contributed by atoms with Crippen LogP contribution in [-0.2, 0) is 13.6 Å². The van der Waals surface area contributed by atoms with Crippen molar-refractivity contribution >= 4 is 23.3 Å². The summed E-state index contributed by atoms with van der Waals surface area (Å²) in [6.07, 6.45) is 3.63. The first-order chi connectivity index (χ1) is 12.5. The van der Waals surface area contributed by atoms with E-state index in [1.54, 1.807) is 24.5 Å². The number of fused-ring (bicyclic) bond motifs is 1. The maximum atomic E-state index is 12.2. The molecule has 3 aromatic rings. The van der Waals surface area contributed by atoms with Gasteiger partial charge in [-0.1, -0.05) is 6.07 Å². The van der Waals surface area contributed by atoms with Crippen molar-refractivity contribution in [2.45, 2.75) is 12.6 Å². The molecule has 136 valence electrons. The summed E-state index contributed by atoms with van der Waals surface area (Å²) in [6, 6.07) is 3.55. The van der Waals surface area contributed by atoms with Crippen LogP contribution >= 0.6 is 0 Å². The first-order valence-corrected chi connectivity index (χ1v) is 7.69. The van der Waals surface area contributed by atoms with Gasteiger partial charge in [0.2, 0.25) is 5.95 Å². The highest BCUT2D eigenvalue weighted by molar-refractivity contribution is 5.80. The number of hydrogen-bond acceptors (Lipinski definition) is 8. The number of aryl methyl sites for hydroxylation is 1. The molecular formula is C15H17N7O4. The maximum Gasteiger partial charge on any atom is 0.329 e. The lowest BCUT2D eigenvalue weighted by molar-refractivity contribution is 0.0825. The molecule has 0 aliphatic heterocycles. The molecule has 0 aliphatic rings. The minimum absolute atomic E-state index is 0.0821. The Balaban J connectivity index is 2.05. The Morgan fingerprint density at radius 3 is 2.96 bits per heavy atom. The summed E-state index contributed by atoms with van der Waals surface area (Å²) >= 11 is 0. The predicted molar refractivity (Wildman–Crippen MR) is 94.1 cm³/mol. The largest absolute Gasteiger partial charge is 0.394 e. The van der Waals surface area contributed by atoms with Crippen LogP contribution in [0, 0.1) is 0 Å². The average Bonchev–Trinajstić information content (AvgIpc) is 2.99. The number of rotatable bonds is 6. The quantitative estimate of drug-likeness (QED) is 0.313. The second-order valence-electron chi connectivity index (χ2n) is 5.53. The van der Waals surface area contributed by atoms with E-state index in [4.69, 9.17) is 5.11 Å². The zero-order valence-electron chi connectivity index (χ0n) is 13.8. The number of hydrogen-bond donors (Lipinski definition) is 4. The summed E-state index contributed by atoms with van der Waals surface area (Å²) < 4.78 is 2.53. The lowest BCUT2D eigenvalue weighted by atomic mass is 10.3. The van der Waals surface area contributed by atoms with E-state index in [2.05, 4.69) is 25.5 Å². The van der Waals surface area contributed by atoms with Gasteiger partial charge in [-0.05, 0) is 6.07 Å². The minimum atomic E-state index is -1.12. The molecule has 0 amide bonds. The summed E-state index contributed by atoms with van der Waals surface area (Å²) in [6.45, 7) is -0.610. The fourth-order valence-corrected chi connectivity index (χ4v) is 2.38. The predicted octanol–water partition coefficient (Wildman–Crippen LogP) is -1.38. The van der Waals surface area contributed by atoms with Crippen LogP contribution in [0.5, 0.6) is 0 Å². The number of nitrogens with zero attached hydrogens (tertiary/aromatic N) is 5. The van der Waals surface area contributed by atoms with E-state index in [0.717, 1.165) is 5.56 Å². The number of aromatic nitrogens is 5. The van der Waals surface area contributed by atoms with Crippen LogP contribution in [0.15, 0.2) is 39.2 Å². The molecule has 0 radical (unpaired) electrons. The molecule has 3 aromatic heterocycles. The Morgan fingerprint density at radius 1 is 1.46 bits per heavy atom. The second-order valence-corrected chi connectivity index (χ2v) is 5.53. The first-order valence-electron chi connectivity index (χ1n) is 7.69. The minimum Gasteiger partial charge on any atom is -0.394 e. The van der Waals surface area contributed by atoms with Gasteiger partial charge in [-0.3, -0.25) is 19.3 Å². The zero-order chi connectivity index (χ0) is 18.7. The van der Waals surface area contributed by atoms with Crippen molar-refractivity contribution in [1.82, 2.24) is 24.1 Å². The molecule has 0 spiro atoms. The fourth-order valence-electron chi connectivity index (χ4n) is 2.38. The number of hydrazone groups is 1. The third-order valence-corrected chi connectivity index (χ3v) is 3.67. The van der Waals surface area contributed by atoms with E-state index in [9.17, 15) is 14.7 Å². The van der Waals surface area contributed by atoms with Crippen LogP contribution in [0.4, 0.5) is 5.95 Å². The van der Waals surface area contributed by atoms with E-state index in [0.29, 0.717) is 0 Å². The summed E-state index contributed by atoms with van der Waals surface area (Å²) in [5, 5.41) is 22.9. The number of aliphatic hydroxyl groups excluding tert-OH is 2. The number of aromatic amines is 1. The van der Waals surface area contributed by atoms with Crippen molar-refractivity contribution in [3.63, 3.8) is 0 Å². The molecule has 11 nitrogen and oxygen atoms in total. The highest BCUT2D eigenvalue weighted by atomic mass is 16.3. The maximum absolute atomic E-state index is 12.2. The van der Waals surface area contributed by atoms with Gasteiger partial charge in [0, 0.05) is 25.0 Å². The molecule has 4 N–H and O–H groups in total. The third-order valence-electron chi connectivity index (χ3n) is 3.67. The van der Waals surface area contributed by atoms with E-state index < -0.39 is 24.0 Å². The van der Waals surface area contributed by atoms with Gasteiger partial charge in [0.05, 0.1) is 25.5 Å². The number of anilines is 1. The second kappa shape index (κ2) is 7.29. The standard InChI is InChI=1S/C15H17N7O4/c1-21-12-11(13(25)19-15(21)26)22(7-10(24)8-23)14(18-12)20-17-6-9-3-2-4-16-5-9/h2-6,10,23-24H,7-8H2,1H3,(H,18,20)(H,19,25,26). The summed E-state index contributed by atoms with van der Waals surface area (Å²) in [7, 11) is 1.46. The van der Waals surface area contributed by atoms with Crippen molar-refractivity contribution < 1.29 is 10.2 Å². The number of nitrogens with one attached hydrogen (secondary N) is 2. The third kappa shape index (κ3) is 3.38. The van der Waals surface area contributed by atoms with Crippen molar-refractivity contribution in [2.75, 3.05) is 12.0 Å². The van der Waals surface area contributed by atoms with E-state index in [1.807, 2.05) is 0 Å². The van der Waals surface area contributed by atoms with Gasteiger partial charge in [-0.15, -0.1) is 0 Å². The fraction of sp³-hybridized carbons (Fsp3) is 0.267. The summed E-state index contributed by atoms with van der Waals surface area (Å²) in [5.41, 5.74) is 2.38. The smallest absolute Gasteiger partial charge is 0.329 e. The molecule has 26 heavy (non-hydrogen) atoms. The Kier molecular flexibility index (Phi) is 4.91. The van der Waals surface area contributed by atoms with Crippen LogP contribution in [0.25, 0.3) is 11.2 Å². The lowest BCUT2D eigenvalue weighted by Gasteiger charge is -2.11. The van der Waals surface area contributed by atoms with Gasteiger partial charge < -0.3 is 14.8 Å². The van der Waals surface area contributed by atoms with Crippen LogP contribution < -0.4 is 16.7 Å². The van der Waals surface area contributed by atoms with Crippen molar-refractivity contribution in [3.05, 3.63) is 50.9 Å². The monoisotopic (exact) mass is 359 g/mol. The molecule has 0 bridgehead atoms. The molecule has 0 saturated carbocycles. The Morgan fingerprint density at radius 2 is 2.27 bits per heavy atom. The molecule has 11 heteroatoms. The van der Waals surface area contributed by atoms with Gasteiger partial charge in [0.25, 0.3) is 5.56 Å². The summed E-state index contributed by atoms with van der Waals surface area (Å²) in [4.78, 5) is 34.3. The Bertz CT molecular complexity index is 1050. The molecule has 3 heterocycles. The van der Waals surface area contributed by atoms with Gasteiger partial charge in [0.15, 0.2) is 11.2 Å². The van der Waals surface area contributed by atoms with Gasteiger partial charge in [0.1, 0.15) is 0 Å². The average molecular weight is 359 g/mol. The van der Waals surface area contributed by atoms with Crippen molar-refractivity contribution in [2.24, 2.45) is 12.1 Å². The molecule has 1 atom stereocenters. The van der Waals surface area contributed by atoms with E-state index in [1.165, 1.54) is 22.4 Å². The van der Waals surface area contributed by atoms with Crippen molar-refractivity contribution in [3.8, 4) is 0 Å². The van der Waals surface area contributed by atoms with Gasteiger partial charge in [-0.2, -0.15) is 10.1 Å². The van der Waals surface area contributed by atoms with Crippen LogP contribution in [0.1, 0.15) is 5.56 Å². The van der Waals surface area contributed by atoms with E-state index >= 15 is 0 Å². The SMILES string of the molecule is Cn1c(=O)[nH]c(=O)c2c1nc(NN=Cc1cccnc1)n2CC(O)CO. The number of aliphatic hydroxyl groups is 2. The molecule has 0 aliphatic carbocycles. The zero-order valence-corrected chi connectivity index (χ0v) is 13.8. The Labute approximate surface area is 146 Å². The normalized spacial score (nSPS) is 12.7. The highest BCUT2D eigenvalue weighted by Gasteiger charge is 2.19. The van der Waals surface area contributed by atoms with Gasteiger partial charge in [-0.25, -0.2) is 10.2 Å². The molecule has 0 fully saturated rings. The number of imidazole rings is 1. The molecule has 3 rings (SSSR count). The van der Waals surface area contributed by atoms with Crippen LogP contribution in [0.3, 0.4) is 0 Å². The molecular weight excluding hydrogens is 342 g/mol. The van der Waals surface area contributed by atoms with Crippen molar-refractivity contribution in [1.29, 1.82) is 0 Å².